The molecule has 2 amide bonds. The van der Waals surface area contributed by atoms with Crippen molar-refractivity contribution in [3.8, 4) is 0 Å². The van der Waals surface area contributed by atoms with Crippen LogP contribution in [0.5, 0.6) is 0 Å². The van der Waals surface area contributed by atoms with Crippen LogP contribution in [-0.4, -0.2) is 54.6 Å². The Hall–Kier alpha value is -1.56. The third-order valence-electron chi connectivity index (χ3n) is 5.04. The molecule has 1 aliphatic heterocycles. The predicted molar refractivity (Wildman–Crippen MR) is 104 cm³/mol. The summed E-state index contributed by atoms with van der Waals surface area (Å²) in [6, 6.07) is 2.12. The number of rotatable bonds is 3. The van der Waals surface area contributed by atoms with E-state index in [0.29, 0.717) is 38.7 Å². The third kappa shape index (κ3) is 4.78. The lowest BCUT2D eigenvalue weighted by molar-refractivity contribution is 0.0751. The van der Waals surface area contributed by atoms with Crippen LogP contribution in [0.2, 0.25) is 0 Å². The van der Waals surface area contributed by atoms with Crippen LogP contribution in [0.25, 0.3) is 0 Å². The van der Waals surface area contributed by atoms with Gasteiger partial charge in [-0.05, 0) is 49.7 Å². The van der Waals surface area contributed by atoms with Gasteiger partial charge < -0.3 is 14.5 Å². The maximum atomic E-state index is 12.9. The average Bonchev–Trinajstić information content (AvgIpc) is 2.80. The zero-order valence-corrected chi connectivity index (χ0v) is 16.8. The van der Waals surface area contributed by atoms with E-state index in [0.717, 1.165) is 24.1 Å². The van der Waals surface area contributed by atoms with Crippen molar-refractivity contribution in [2.75, 3.05) is 32.8 Å². The van der Waals surface area contributed by atoms with Gasteiger partial charge >= 0.3 is 6.09 Å². The largest absolute Gasteiger partial charge is 0.449 e. The highest BCUT2D eigenvalue weighted by atomic mass is 32.1. The molecule has 0 saturated carbocycles. The minimum absolute atomic E-state index is 0.125. The molecular formula is C20H30N2O3S. The summed E-state index contributed by atoms with van der Waals surface area (Å²) in [5.74, 6) is 0.457. The second-order valence-corrected chi connectivity index (χ2v) is 8.86. The molecular weight excluding hydrogens is 348 g/mol. The van der Waals surface area contributed by atoms with E-state index in [1.165, 1.54) is 29.7 Å². The van der Waals surface area contributed by atoms with E-state index in [2.05, 4.69) is 6.07 Å². The van der Waals surface area contributed by atoms with Crippen LogP contribution in [0.1, 0.15) is 59.6 Å². The van der Waals surface area contributed by atoms with Gasteiger partial charge in [-0.25, -0.2) is 4.79 Å². The first-order valence-electron chi connectivity index (χ1n) is 9.87. The fraction of sp³-hybridized carbons (Fsp3) is 0.700. The number of nitrogens with zero attached hydrogens (tertiary/aromatic N) is 2. The van der Waals surface area contributed by atoms with E-state index >= 15 is 0 Å². The topological polar surface area (TPSA) is 49.9 Å². The normalized spacial score (nSPS) is 18.3. The number of hydrogen-bond acceptors (Lipinski definition) is 4. The van der Waals surface area contributed by atoms with Crippen molar-refractivity contribution in [3.05, 3.63) is 21.4 Å². The Balaban J connectivity index is 1.58. The summed E-state index contributed by atoms with van der Waals surface area (Å²) in [4.78, 5) is 31.0. The van der Waals surface area contributed by atoms with Gasteiger partial charge in [0.15, 0.2) is 0 Å². The van der Waals surface area contributed by atoms with Gasteiger partial charge in [0.05, 0.1) is 11.5 Å². The Kier molecular flexibility index (Phi) is 6.57. The SMILES string of the molecule is CC(C)COC(=O)N1CCCN(C(=O)c2cc3c(s2)CCCCC3)CC1. The number of amides is 2. The summed E-state index contributed by atoms with van der Waals surface area (Å²) < 4.78 is 5.33. The first-order valence-corrected chi connectivity index (χ1v) is 10.7. The fourth-order valence-corrected chi connectivity index (χ4v) is 4.78. The summed E-state index contributed by atoms with van der Waals surface area (Å²) in [6.07, 6.45) is 6.52. The molecule has 6 heteroatoms. The lowest BCUT2D eigenvalue weighted by Gasteiger charge is -2.22. The minimum Gasteiger partial charge on any atom is -0.449 e. The monoisotopic (exact) mass is 378 g/mol. The summed E-state index contributed by atoms with van der Waals surface area (Å²) in [6.45, 7) is 6.99. The molecule has 0 radical (unpaired) electrons. The smallest absolute Gasteiger partial charge is 0.409 e. The van der Waals surface area contributed by atoms with Crippen LogP contribution in [0.15, 0.2) is 6.07 Å². The van der Waals surface area contributed by atoms with Crippen molar-refractivity contribution in [2.45, 2.75) is 52.4 Å². The number of ether oxygens (including phenoxy) is 1. The van der Waals surface area contributed by atoms with Crippen LogP contribution < -0.4 is 0 Å². The van der Waals surface area contributed by atoms with Gasteiger partial charge in [-0.2, -0.15) is 0 Å². The maximum Gasteiger partial charge on any atom is 0.409 e. The van der Waals surface area contributed by atoms with E-state index in [4.69, 9.17) is 4.74 Å². The Morgan fingerprint density at radius 1 is 1.04 bits per heavy atom. The molecule has 5 nitrogen and oxygen atoms in total. The standard InChI is InChI=1S/C20H30N2O3S/c1-15(2)14-25-20(24)22-10-6-9-21(11-12-22)19(23)18-13-16-7-4-3-5-8-17(16)26-18/h13,15H,3-12,14H2,1-2H3. The molecule has 1 aromatic heterocycles. The number of carbonyl (C=O) groups is 2. The van der Waals surface area contributed by atoms with Gasteiger partial charge in [0.25, 0.3) is 5.91 Å². The summed E-state index contributed by atoms with van der Waals surface area (Å²) in [7, 11) is 0. The first-order chi connectivity index (χ1) is 12.5. The van der Waals surface area contributed by atoms with Crippen LogP contribution in [-0.2, 0) is 17.6 Å². The molecule has 0 spiro atoms. The van der Waals surface area contributed by atoms with Crippen molar-refractivity contribution in [1.29, 1.82) is 0 Å². The number of hydrogen-bond donors (Lipinski definition) is 0. The molecule has 3 rings (SSSR count). The van der Waals surface area contributed by atoms with Gasteiger partial charge in [0.2, 0.25) is 0 Å². The molecule has 1 fully saturated rings. The Morgan fingerprint density at radius 2 is 1.77 bits per heavy atom. The van der Waals surface area contributed by atoms with Crippen molar-refractivity contribution in [2.24, 2.45) is 5.92 Å². The van der Waals surface area contributed by atoms with Crippen LogP contribution in [0.4, 0.5) is 4.79 Å². The zero-order valence-electron chi connectivity index (χ0n) is 16.0. The van der Waals surface area contributed by atoms with E-state index in [1.54, 1.807) is 16.2 Å². The van der Waals surface area contributed by atoms with E-state index in [-0.39, 0.29) is 12.0 Å². The van der Waals surface area contributed by atoms with E-state index in [9.17, 15) is 9.59 Å². The van der Waals surface area contributed by atoms with Crippen molar-refractivity contribution >= 4 is 23.3 Å². The number of aryl methyl sites for hydroxylation is 2. The lowest BCUT2D eigenvalue weighted by Crippen LogP contribution is -2.37. The van der Waals surface area contributed by atoms with Crippen molar-refractivity contribution in [3.63, 3.8) is 0 Å². The van der Waals surface area contributed by atoms with Crippen molar-refractivity contribution in [1.82, 2.24) is 9.80 Å². The van der Waals surface area contributed by atoms with Crippen LogP contribution in [0.3, 0.4) is 0 Å². The summed E-state index contributed by atoms with van der Waals surface area (Å²) >= 11 is 1.68. The van der Waals surface area contributed by atoms with E-state index < -0.39 is 0 Å². The molecule has 2 heterocycles. The summed E-state index contributed by atoms with van der Waals surface area (Å²) in [5.41, 5.74) is 1.38. The quantitative estimate of drug-likeness (QED) is 0.748. The summed E-state index contributed by atoms with van der Waals surface area (Å²) in [5, 5.41) is 0. The van der Waals surface area contributed by atoms with Gasteiger partial charge in [0, 0.05) is 31.1 Å². The van der Waals surface area contributed by atoms with E-state index in [1.807, 2.05) is 18.7 Å². The average molecular weight is 379 g/mol. The highest BCUT2D eigenvalue weighted by Crippen LogP contribution is 2.30. The lowest BCUT2D eigenvalue weighted by atomic mass is 10.1. The molecule has 0 aromatic carbocycles. The maximum absolute atomic E-state index is 12.9. The Labute approximate surface area is 160 Å². The predicted octanol–water partition coefficient (Wildman–Crippen LogP) is 3.96. The fourth-order valence-electron chi connectivity index (χ4n) is 3.56. The highest BCUT2D eigenvalue weighted by molar-refractivity contribution is 7.14. The Morgan fingerprint density at radius 3 is 2.58 bits per heavy atom. The van der Waals surface area contributed by atoms with Crippen LogP contribution in [0, 0.1) is 5.92 Å². The van der Waals surface area contributed by atoms with Gasteiger partial charge in [0.1, 0.15) is 0 Å². The molecule has 2 aliphatic rings. The molecule has 1 saturated heterocycles. The zero-order chi connectivity index (χ0) is 18.5. The molecule has 1 aromatic rings. The molecule has 26 heavy (non-hydrogen) atoms. The van der Waals surface area contributed by atoms with Gasteiger partial charge in [-0.3, -0.25) is 4.79 Å². The number of carbonyl (C=O) groups excluding carboxylic acids is 2. The molecule has 0 N–H and O–H groups in total. The Bertz CT molecular complexity index is 618. The first kappa shape index (κ1) is 19.2. The molecule has 1 aliphatic carbocycles. The third-order valence-corrected chi connectivity index (χ3v) is 6.26. The van der Waals surface area contributed by atoms with Gasteiger partial charge in [-0.1, -0.05) is 20.3 Å². The number of thiophene rings is 1. The minimum atomic E-state index is -0.254. The van der Waals surface area contributed by atoms with Gasteiger partial charge in [-0.15, -0.1) is 11.3 Å². The second-order valence-electron chi connectivity index (χ2n) is 7.72. The molecule has 0 atom stereocenters. The van der Waals surface area contributed by atoms with Crippen LogP contribution >= 0.6 is 11.3 Å². The molecule has 144 valence electrons. The number of fused-ring (bicyclic) bond motifs is 1. The second kappa shape index (κ2) is 8.89. The molecule has 0 unspecified atom stereocenters. The highest BCUT2D eigenvalue weighted by Gasteiger charge is 2.25. The van der Waals surface area contributed by atoms with Crippen molar-refractivity contribution < 1.29 is 14.3 Å². The molecule has 0 bridgehead atoms.